The summed E-state index contributed by atoms with van der Waals surface area (Å²) in [7, 11) is -3.51. The molecule has 1 rings (SSSR count). The molecule has 1 aromatic rings. The van der Waals surface area contributed by atoms with Crippen molar-refractivity contribution in [3.8, 4) is 0 Å². The largest absolute Gasteiger partial charge is 0.357 e. The quantitative estimate of drug-likeness (QED) is 0.336. The second-order valence-electron chi connectivity index (χ2n) is 4.98. The highest BCUT2D eigenvalue weighted by Gasteiger charge is 2.12. The van der Waals surface area contributed by atoms with Crippen LogP contribution in [0.15, 0.2) is 34.4 Å². The van der Waals surface area contributed by atoms with Gasteiger partial charge in [0, 0.05) is 38.6 Å². The monoisotopic (exact) mass is 341 g/mol. The Hall–Kier alpha value is -1.67. The maximum absolute atomic E-state index is 12.0. The molecule has 0 saturated carbocycles. The van der Waals surface area contributed by atoms with E-state index < -0.39 is 10.0 Å². The van der Waals surface area contributed by atoms with Crippen LogP contribution < -0.4 is 15.4 Å². The number of unbranched alkanes of at least 4 members (excludes halogenated alkanes) is 2. The molecule has 130 valence electrons. The molecule has 0 fully saturated rings. The first-order valence-electron chi connectivity index (χ1n) is 8.02. The predicted octanol–water partition coefficient (Wildman–Crippen LogP) is 1.11. The third kappa shape index (κ3) is 7.94. The highest BCUT2D eigenvalue weighted by molar-refractivity contribution is 7.89. The van der Waals surface area contributed by atoms with Crippen molar-refractivity contribution in [3.63, 3.8) is 0 Å². The average molecular weight is 341 g/mol. The summed E-state index contributed by atoms with van der Waals surface area (Å²) >= 11 is 0. The Morgan fingerprint density at radius 2 is 2.04 bits per heavy atom. The van der Waals surface area contributed by atoms with Gasteiger partial charge in [-0.1, -0.05) is 19.8 Å². The van der Waals surface area contributed by atoms with E-state index in [0.717, 1.165) is 32.4 Å². The third-order valence-corrected chi connectivity index (χ3v) is 4.48. The van der Waals surface area contributed by atoms with E-state index in [9.17, 15) is 8.42 Å². The Labute approximate surface area is 139 Å². The topological polar surface area (TPSA) is 95.5 Å². The zero-order chi connectivity index (χ0) is 17.0. The second-order valence-corrected chi connectivity index (χ2v) is 6.75. The number of pyridine rings is 1. The van der Waals surface area contributed by atoms with Crippen LogP contribution in [0.25, 0.3) is 0 Å². The van der Waals surface area contributed by atoms with E-state index in [-0.39, 0.29) is 11.4 Å². The Morgan fingerprint density at radius 1 is 1.22 bits per heavy atom. The Bertz CT molecular complexity index is 560. The third-order valence-electron chi connectivity index (χ3n) is 3.03. The van der Waals surface area contributed by atoms with E-state index in [1.54, 1.807) is 6.07 Å². The van der Waals surface area contributed by atoms with Crippen molar-refractivity contribution >= 4 is 16.0 Å². The molecular weight excluding hydrogens is 314 g/mol. The summed E-state index contributed by atoms with van der Waals surface area (Å²) < 4.78 is 26.6. The lowest BCUT2D eigenvalue weighted by Crippen LogP contribution is -2.41. The van der Waals surface area contributed by atoms with Crippen LogP contribution in [0.4, 0.5) is 0 Å². The van der Waals surface area contributed by atoms with Gasteiger partial charge in [0.15, 0.2) is 5.96 Å². The number of hydrogen-bond donors (Lipinski definition) is 3. The molecule has 0 radical (unpaired) electrons. The SMILES string of the molecule is CCCCCN=C(NCC)NCCNS(=O)(=O)c1cccnc1. The maximum Gasteiger partial charge on any atom is 0.242 e. The van der Waals surface area contributed by atoms with E-state index in [1.807, 2.05) is 6.92 Å². The number of guanidine groups is 1. The highest BCUT2D eigenvalue weighted by atomic mass is 32.2. The van der Waals surface area contributed by atoms with Crippen molar-refractivity contribution in [3.05, 3.63) is 24.5 Å². The van der Waals surface area contributed by atoms with Crippen LogP contribution in [0.5, 0.6) is 0 Å². The van der Waals surface area contributed by atoms with Crippen molar-refractivity contribution in [1.29, 1.82) is 0 Å². The molecule has 0 saturated heterocycles. The minimum atomic E-state index is -3.51. The van der Waals surface area contributed by atoms with Gasteiger partial charge in [0.05, 0.1) is 0 Å². The number of nitrogens with zero attached hydrogens (tertiary/aromatic N) is 2. The summed E-state index contributed by atoms with van der Waals surface area (Å²) in [4.78, 5) is 8.43. The maximum atomic E-state index is 12.0. The number of aliphatic imine (C=N–C) groups is 1. The molecule has 0 aromatic carbocycles. The molecule has 0 atom stereocenters. The number of hydrogen-bond acceptors (Lipinski definition) is 4. The molecule has 0 bridgehead atoms. The Balaban J connectivity index is 2.38. The lowest BCUT2D eigenvalue weighted by Gasteiger charge is -2.12. The van der Waals surface area contributed by atoms with Crippen LogP contribution in [-0.2, 0) is 10.0 Å². The van der Waals surface area contributed by atoms with Gasteiger partial charge < -0.3 is 10.6 Å². The first-order chi connectivity index (χ1) is 11.1. The highest BCUT2D eigenvalue weighted by Crippen LogP contribution is 2.04. The molecule has 1 heterocycles. The molecule has 7 nitrogen and oxygen atoms in total. The number of aromatic nitrogens is 1. The molecular formula is C15H27N5O2S. The van der Waals surface area contributed by atoms with Crippen LogP contribution >= 0.6 is 0 Å². The van der Waals surface area contributed by atoms with Crippen molar-refractivity contribution in [1.82, 2.24) is 20.3 Å². The van der Waals surface area contributed by atoms with Crippen molar-refractivity contribution in [2.45, 2.75) is 38.0 Å². The van der Waals surface area contributed by atoms with Gasteiger partial charge in [-0.15, -0.1) is 0 Å². The summed E-state index contributed by atoms with van der Waals surface area (Å²) in [6.07, 6.45) is 6.25. The molecule has 8 heteroatoms. The minimum absolute atomic E-state index is 0.167. The summed E-state index contributed by atoms with van der Waals surface area (Å²) in [5.74, 6) is 0.712. The number of sulfonamides is 1. The Morgan fingerprint density at radius 3 is 2.70 bits per heavy atom. The molecule has 1 aromatic heterocycles. The summed E-state index contributed by atoms with van der Waals surface area (Å²) in [6.45, 7) is 6.41. The predicted molar refractivity (Wildman–Crippen MR) is 92.9 cm³/mol. The van der Waals surface area contributed by atoms with Crippen molar-refractivity contribution in [2.24, 2.45) is 4.99 Å². The van der Waals surface area contributed by atoms with Gasteiger partial charge in [0.1, 0.15) is 4.90 Å². The number of nitrogens with one attached hydrogen (secondary N) is 3. The zero-order valence-corrected chi connectivity index (χ0v) is 14.7. The summed E-state index contributed by atoms with van der Waals surface area (Å²) in [5, 5.41) is 6.26. The van der Waals surface area contributed by atoms with Crippen LogP contribution in [0, 0.1) is 0 Å². The van der Waals surface area contributed by atoms with Gasteiger partial charge >= 0.3 is 0 Å². The summed E-state index contributed by atoms with van der Waals surface area (Å²) in [6, 6.07) is 3.11. The molecule has 23 heavy (non-hydrogen) atoms. The van der Waals surface area contributed by atoms with Gasteiger partial charge in [0.25, 0.3) is 0 Å². The van der Waals surface area contributed by atoms with Crippen LogP contribution in [0.3, 0.4) is 0 Å². The molecule has 3 N–H and O–H groups in total. The first-order valence-corrected chi connectivity index (χ1v) is 9.50. The van der Waals surface area contributed by atoms with E-state index in [4.69, 9.17) is 0 Å². The molecule has 0 aliphatic heterocycles. The fourth-order valence-corrected chi connectivity index (χ4v) is 2.84. The first kappa shape index (κ1) is 19.4. The van der Waals surface area contributed by atoms with E-state index >= 15 is 0 Å². The van der Waals surface area contributed by atoms with Crippen molar-refractivity contribution < 1.29 is 8.42 Å². The van der Waals surface area contributed by atoms with Crippen LogP contribution in [0.1, 0.15) is 33.1 Å². The molecule has 0 aliphatic carbocycles. The van der Waals surface area contributed by atoms with Gasteiger partial charge in [-0.05, 0) is 25.5 Å². The van der Waals surface area contributed by atoms with Gasteiger partial charge in [-0.25, -0.2) is 13.1 Å². The van der Waals surface area contributed by atoms with Crippen LogP contribution in [-0.4, -0.2) is 45.5 Å². The smallest absolute Gasteiger partial charge is 0.242 e. The average Bonchev–Trinajstić information content (AvgIpc) is 2.56. The van der Waals surface area contributed by atoms with Gasteiger partial charge in [-0.2, -0.15) is 0 Å². The van der Waals surface area contributed by atoms with Gasteiger partial charge in [-0.3, -0.25) is 9.98 Å². The van der Waals surface area contributed by atoms with E-state index in [1.165, 1.54) is 18.5 Å². The Kier molecular flexibility index (Phi) is 9.23. The van der Waals surface area contributed by atoms with E-state index in [0.29, 0.717) is 12.5 Å². The molecule has 0 spiro atoms. The fraction of sp³-hybridized carbons (Fsp3) is 0.600. The normalized spacial score (nSPS) is 12.2. The van der Waals surface area contributed by atoms with Gasteiger partial charge in [0.2, 0.25) is 10.0 Å². The lowest BCUT2D eigenvalue weighted by molar-refractivity contribution is 0.580. The van der Waals surface area contributed by atoms with E-state index in [2.05, 4.69) is 32.3 Å². The lowest BCUT2D eigenvalue weighted by atomic mass is 10.2. The molecule has 0 unspecified atom stereocenters. The minimum Gasteiger partial charge on any atom is -0.357 e. The molecule has 0 aliphatic rings. The summed E-state index contributed by atoms with van der Waals surface area (Å²) in [5.41, 5.74) is 0. The van der Waals surface area contributed by atoms with Crippen LogP contribution in [0.2, 0.25) is 0 Å². The zero-order valence-electron chi connectivity index (χ0n) is 13.9. The second kappa shape index (κ2) is 11.0. The molecule has 0 amide bonds. The fourth-order valence-electron chi connectivity index (χ4n) is 1.85. The van der Waals surface area contributed by atoms with Crippen molar-refractivity contribution in [2.75, 3.05) is 26.2 Å². The number of rotatable bonds is 10. The standard InChI is InChI=1S/C15H27N5O2S/c1-3-5-6-10-18-15(17-4-2)19-11-12-20-23(21,22)14-8-7-9-16-13-14/h7-9,13,20H,3-6,10-12H2,1-2H3,(H2,17,18,19).